The molecule has 0 aliphatic rings. The van der Waals surface area contributed by atoms with Crippen molar-refractivity contribution >= 4 is 26.7 Å². The van der Waals surface area contributed by atoms with E-state index in [0.717, 1.165) is 15.8 Å². The van der Waals surface area contributed by atoms with Gasteiger partial charge in [-0.15, -0.1) is 0 Å². The van der Waals surface area contributed by atoms with Gasteiger partial charge in [0, 0.05) is 26.4 Å². The lowest BCUT2D eigenvalue weighted by atomic mass is 10.2. The highest BCUT2D eigenvalue weighted by Crippen LogP contribution is 2.20. The van der Waals surface area contributed by atoms with Gasteiger partial charge in [0.1, 0.15) is 0 Å². The molecule has 0 fully saturated rings. The molecule has 0 spiro atoms. The number of halogens is 1. The smallest absolute Gasteiger partial charge is 0.0498 e. The number of hydrogen-bond donors (Lipinski definition) is 0. The molecule has 1 nitrogen and oxygen atoms in total. The van der Waals surface area contributed by atoms with Crippen molar-refractivity contribution in [2.75, 3.05) is 6.26 Å². The van der Waals surface area contributed by atoms with E-state index in [9.17, 15) is 4.21 Å². The largest absolute Gasteiger partial charge is 0.255 e. The lowest BCUT2D eigenvalue weighted by Gasteiger charge is -2.02. The molecule has 0 aliphatic carbocycles. The quantitative estimate of drug-likeness (QED) is 0.785. The summed E-state index contributed by atoms with van der Waals surface area (Å²) >= 11 is 3.44. The number of hydrogen-bond acceptors (Lipinski definition) is 1. The summed E-state index contributed by atoms with van der Waals surface area (Å²) in [5.41, 5.74) is 1.21. The third kappa shape index (κ3) is 2.17. The van der Waals surface area contributed by atoms with E-state index in [2.05, 4.69) is 22.9 Å². The van der Waals surface area contributed by atoms with Gasteiger partial charge in [0.15, 0.2) is 0 Å². The number of benzene rings is 1. The molecule has 0 saturated heterocycles. The Morgan fingerprint density at radius 2 is 2.17 bits per heavy atom. The van der Waals surface area contributed by atoms with Gasteiger partial charge in [-0.25, -0.2) is 0 Å². The molecule has 0 aromatic heterocycles. The normalized spacial score (nSPS) is 12.9. The minimum atomic E-state index is -0.870. The van der Waals surface area contributed by atoms with Crippen LogP contribution in [-0.2, 0) is 17.2 Å². The zero-order valence-corrected chi connectivity index (χ0v) is 9.54. The molecule has 0 bridgehead atoms. The Balaban J connectivity index is 3.13. The maximum atomic E-state index is 11.1. The van der Waals surface area contributed by atoms with Crippen LogP contribution in [0.1, 0.15) is 12.5 Å². The van der Waals surface area contributed by atoms with Gasteiger partial charge in [-0.2, -0.15) is 0 Å². The van der Waals surface area contributed by atoms with Crippen LogP contribution in [-0.4, -0.2) is 10.5 Å². The molecule has 66 valence electrons. The maximum Gasteiger partial charge on any atom is 0.0498 e. The molecule has 0 N–H and O–H groups in total. The van der Waals surface area contributed by atoms with Crippen LogP contribution in [0.5, 0.6) is 0 Å². The zero-order valence-electron chi connectivity index (χ0n) is 7.13. The molecule has 0 saturated carbocycles. The minimum Gasteiger partial charge on any atom is -0.255 e. The molecule has 0 radical (unpaired) electrons. The van der Waals surface area contributed by atoms with Crippen molar-refractivity contribution in [2.45, 2.75) is 18.2 Å². The van der Waals surface area contributed by atoms with Gasteiger partial charge in [0.2, 0.25) is 0 Å². The second-order valence-corrected chi connectivity index (χ2v) is 4.79. The van der Waals surface area contributed by atoms with Gasteiger partial charge in [0.25, 0.3) is 0 Å². The first kappa shape index (κ1) is 9.93. The lowest BCUT2D eigenvalue weighted by molar-refractivity contribution is 0.686. The van der Waals surface area contributed by atoms with Gasteiger partial charge >= 0.3 is 0 Å². The van der Waals surface area contributed by atoms with E-state index in [4.69, 9.17) is 0 Å². The molecule has 1 atom stereocenters. The fourth-order valence-electron chi connectivity index (χ4n) is 1.00. The summed E-state index contributed by atoms with van der Waals surface area (Å²) in [5, 5.41) is 0. The molecular weight excluding hydrogens is 236 g/mol. The van der Waals surface area contributed by atoms with Crippen molar-refractivity contribution < 1.29 is 4.21 Å². The maximum absolute atomic E-state index is 11.1. The average Bonchev–Trinajstić information content (AvgIpc) is 2.05. The highest BCUT2D eigenvalue weighted by atomic mass is 79.9. The van der Waals surface area contributed by atoms with Crippen molar-refractivity contribution in [3.8, 4) is 0 Å². The predicted molar refractivity (Wildman–Crippen MR) is 55.9 cm³/mol. The standard InChI is InChI=1S/C9H11BrOS/c1-3-7-6-8(12(2)11)4-5-9(7)10/h4-6H,3H2,1-2H3. The molecule has 1 unspecified atom stereocenters. The van der Waals surface area contributed by atoms with Crippen LogP contribution in [0.3, 0.4) is 0 Å². The van der Waals surface area contributed by atoms with E-state index in [1.807, 2.05) is 18.2 Å². The fraction of sp³-hybridized carbons (Fsp3) is 0.333. The summed E-state index contributed by atoms with van der Waals surface area (Å²) in [6.45, 7) is 2.09. The van der Waals surface area contributed by atoms with Crippen LogP contribution in [0.4, 0.5) is 0 Å². The van der Waals surface area contributed by atoms with Crippen LogP contribution < -0.4 is 0 Å². The molecule has 1 rings (SSSR count). The monoisotopic (exact) mass is 246 g/mol. The van der Waals surface area contributed by atoms with Crippen molar-refractivity contribution in [1.29, 1.82) is 0 Å². The van der Waals surface area contributed by atoms with Crippen molar-refractivity contribution in [3.63, 3.8) is 0 Å². The molecule has 1 aromatic rings. The van der Waals surface area contributed by atoms with Crippen molar-refractivity contribution in [3.05, 3.63) is 28.2 Å². The Bertz CT molecular complexity index is 309. The van der Waals surface area contributed by atoms with E-state index < -0.39 is 10.8 Å². The van der Waals surface area contributed by atoms with E-state index in [1.165, 1.54) is 5.56 Å². The first-order valence-electron chi connectivity index (χ1n) is 3.77. The predicted octanol–water partition coefficient (Wildman–Crippen LogP) is 2.75. The van der Waals surface area contributed by atoms with Gasteiger partial charge in [-0.3, -0.25) is 4.21 Å². The number of rotatable bonds is 2. The Morgan fingerprint density at radius 1 is 1.50 bits per heavy atom. The highest BCUT2D eigenvalue weighted by Gasteiger charge is 2.01. The third-order valence-electron chi connectivity index (χ3n) is 1.73. The Labute approximate surface area is 83.8 Å². The third-order valence-corrected chi connectivity index (χ3v) is 3.42. The average molecular weight is 247 g/mol. The molecule has 12 heavy (non-hydrogen) atoms. The van der Waals surface area contributed by atoms with Crippen molar-refractivity contribution in [2.24, 2.45) is 0 Å². The van der Waals surface area contributed by atoms with Crippen LogP contribution in [0.2, 0.25) is 0 Å². The minimum absolute atomic E-state index is 0.870. The van der Waals surface area contributed by atoms with Crippen LogP contribution in [0.25, 0.3) is 0 Å². The first-order valence-corrected chi connectivity index (χ1v) is 6.12. The van der Waals surface area contributed by atoms with Gasteiger partial charge < -0.3 is 0 Å². The Hall–Kier alpha value is -0.150. The van der Waals surface area contributed by atoms with Crippen LogP contribution in [0, 0.1) is 0 Å². The molecule has 3 heteroatoms. The summed E-state index contributed by atoms with van der Waals surface area (Å²) in [4.78, 5) is 0.898. The molecule has 0 heterocycles. The Kier molecular flexibility index (Phi) is 3.47. The summed E-state index contributed by atoms with van der Waals surface area (Å²) in [6.07, 6.45) is 2.66. The van der Waals surface area contributed by atoms with Gasteiger partial charge in [-0.05, 0) is 30.2 Å². The molecule has 0 amide bonds. The van der Waals surface area contributed by atoms with Gasteiger partial charge in [-0.1, -0.05) is 22.9 Å². The van der Waals surface area contributed by atoms with E-state index in [-0.39, 0.29) is 0 Å². The molecule has 1 aromatic carbocycles. The van der Waals surface area contributed by atoms with E-state index in [0.29, 0.717) is 0 Å². The zero-order chi connectivity index (χ0) is 9.14. The lowest BCUT2D eigenvalue weighted by Crippen LogP contribution is -1.90. The number of aryl methyl sites for hydroxylation is 1. The first-order chi connectivity index (χ1) is 5.65. The Morgan fingerprint density at radius 3 is 2.67 bits per heavy atom. The van der Waals surface area contributed by atoms with Crippen LogP contribution >= 0.6 is 15.9 Å². The SMILES string of the molecule is CCc1cc(S(C)=O)ccc1Br. The van der Waals surface area contributed by atoms with Crippen molar-refractivity contribution in [1.82, 2.24) is 0 Å². The second-order valence-electron chi connectivity index (χ2n) is 2.56. The summed E-state index contributed by atoms with van der Waals surface area (Å²) in [6, 6.07) is 5.83. The van der Waals surface area contributed by atoms with E-state index >= 15 is 0 Å². The molecular formula is C9H11BrOS. The topological polar surface area (TPSA) is 17.1 Å². The fourth-order valence-corrected chi connectivity index (χ4v) is 2.10. The summed E-state index contributed by atoms with van der Waals surface area (Å²) < 4.78 is 12.2. The summed E-state index contributed by atoms with van der Waals surface area (Å²) in [5.74, 6) is 0. The van der Waals surface area contributed by atoms with E-state index in [1.54, 1.807) is 6.26 Å². The van der Waals surface area contributed by atoms with Gasteiger partial charge in [0.05, 0.1) is 0 Å². The second kappa shape index (κ2) is 4.19. The highest BCUT2D eigenvalue weighted by molar-refractivity contribution is 9.10. The molecule has 0 aliphatic heterocycles. The summed E-state index contributed by atoms with van der Waals surface area (Å²) in [7, 11) is -0.870. The van der Waals surface area contributed by atoms with Crippen LogP contribution in [0.15, 0.2) is 27.6 Å².